The summed E-state index contributed by atoms with van der Waals surface area (Å²) in [4.78, 5) is 11.1. The number of aromatic nitrogens is 2. The number of nitrogens with one attached hydrogen (secondary N) is 1. The highest BCUT2D eigenvalue weighted by molar-refractivity contribution is 7.13. The van der Waals surface area contributed by atoms with Crippen molar-refractivity contribution in [2.45, 2.75) is 13.0 Å². The molecule has 2 aromatic heterocycles. The molecule has 0 aliphatic carbocycles. The van der Waals surface area contributed by atoms with Crippen LogP contribution < -0.4 is 5.32 Å². The first-order valence-corrected chi connectivity index (χ1v) is 7.35. The number of hydrogen-bond donors (Lipinski definition) is 1. The van der Waals surface area contributed by atoms with E-state index in [1.165, 1.54) is 0 Å². The van der Waals surface area contributed by atoms with Gasteiger partial charge < -0.3 is 10.2 Å². The summed E-state index contributed by atoms with van der Waals surface area (Å²) in [6.45, 7) is 2.97. The van der Waals surface area contributed by atoms with Crippen LogP contribution >= 0.6 is 11.3 Å². The van der Waals surface area contributed by atoms with Gasteiger partial charge in [-0.3, -0.25) is 4.98 Å². The Morgan fingerprint density at radius 1 is 1.32 bits per heavy atom. The van der Waals surface area contributed by atoms with Crippen LogP contribution in [0.15, 0.2) is 29.8 Å². The SMILES string of the molecule is CN(C)CCCNCc1csc(-c2ccccn2)n1. The predicted octanol–water partition coefficient (Wildman–Crippen LogP) is 2.25. The Morgan fingerprint density at radius 2 is 2.21 bits per heavy atom. The number of nitrogens with zero attached hydrogens (tertiary/aromatic N) is 3. The van der Waals surface area contributed by atoms with Crippen molar-refractivity contribution < 1.29 is 0 Å². The Bertz CT molecular complexity index is 481. The lowest BCUT2D eigenvalue weighted by Crippen LogP contribution is -2.21. The van der Waals surface area contributed by atoms with Crippen molar-refractivity contribution in [3.05, 3.63) is 35.5 Å². The summed E-state index contributed by atoms with van der Waals surface area (Å²) < 4.78 is 0. The fourth-order valence-electron chi connectivity index (χ4n) is 1.73. The van der Waals surface area contributed by atoms with Gasteiger partial charge in [-0.2, -0.15) is 0 Å². The van der Waals surface area contributed by atoms with Crippen molar-refractivity contribution in [3.8, 4) is 10.7 Å². The van der Waals surface area contributed by atoms with Gasteiger partial charge in [0.05, 0.1) is 11.4 Å². The first-order chi connectivity index (χ1) is 9.25. The molecule has 2 aromatic rings. The highest BCUT2D eigenvalue weighted by Gasteiger charge is 2.04. The lowest BCUT2D eigenvalue weighted by molar-refractivity contribution is 0.394. The minimum Gasteiger partial charge on any atom is -0.311 e. The summed E-state index contributed by atoms with van der Waals surface area (Å²) in [5, 5.41) is 6.51. The van der Waals surface area contributed by atoms with Crippen molar-refractivity contribution in [3.63, 3.8) is 0 Å². The maximum absolute atomic E-state index is 4.60. The summed E-state index contributed by atoms with van der Waals surface area (Å²) in [5.74, 6) is 0. The molecule has 0 unspecified atom stereocenters. The summed E-state index contributed by atoms with van der Waals surface area (Å²) in [7, 11) is 4.19. The smallest absolute Gasteiger partial charge is 0.142 e. The van der Waals surface area contributed by atoms with Crippen LogP contribution in [0.4, 0.5) is 0 Å². The van der Waals surface area contributed by atoms with E-state index in [0.717, 1.165) is 42.5 Å². The molecule has 1 N–H and O–H groups in total. The van der Waals surface area contributed by atoms with Gasteiger partial charge in [-0.15, -0.1) is 11.3 Å². The number of rotatable bonds is 7. The molecule has 0 aromatic carbocycles. The molecular weight excluding hydrogens is 256 g/mol. The average Bonchev–Trinajstić information content (AvgIpc) is 2.88. The topological polar surface area (TPSA) is 41.0 Å². The molecule has 2 heterocycles. The Kier molecular flexibility index (Phi) is 5.44. The van der Waals surface area contributed by atoms with Crippen molar-refractivity contribution >= 4 is 11.3 Å². The molecular formula is C14H20N4S. The van der Waals surface area contributed by atoms with E-state index < -0.39 is 0 Å². The van der Waals surface area contributed by atoms with Gasteiger partial charge in [0.1, 0.15) is 5.01 Å². The van der Waals surface area contributed by atoms with Gasteiger partial charge in [-0.25, -0.2) is 4.98 Å². The molecule has 0 fully saturated rings. The van der Waals surface area contributed by atoms with Crippen molar-refractivity contribution in [1.82, 2.24) is 20.2 Å². The van der Waals surface area contributed by atoms with Crippen molar-refractivity contribution in [2.75, 3.05) is 27.2 Å². The van der Waals surface area contributed by atoms with Crippen LogP contribution in [0, 0.1) is 0 Å². The second-order valence-corrected chi connectivity index (χ2v) is 5.55. The summed E-state index contributed by atoms with van der Waals surface area (Å²) in [6, 6.07) is 5.90. The van der Waals surface area contributed by atoms with Gasteiger partial charge in [-0.05, 0) is 45.7 Å². The van der Waals surface area contributed by atoms with E-state index in [-0.39, 0.29) is 0 Å². The molecule has 0 spiro atoms. The summed E-state index contributed by atoms with van der Waals surface area (Å²) in [6.07, 6.45) is 2.96. The quantitative estimate of drug-likeness (QED) is 0.788. The molecule has 5 heteroatoms. The molecule has 0 saturated carbocycles. The van der Waals surface area contributed by atoms with Gasteiger partial charge >= 0.3 is 0 Å². The minimum atomic E-state index is 0.830. The first-order valence-electron chi connectivity index (χ1n) is 6.47. The van der Waals surface area contributed by atoms with Crippen molar-refractivity contribution in [1.29, 1.82) is 0 Å². The van der Waals surface area contributed by atoms with Gasteiger partial charge in [0.25, 0.3) is 0 Å². The molecule has 0 aliphatic heterocycles. The minimum absolute atomic E-state index is 0.830. The Labute approximate surface area is 118 Å². The third-order valence-corrected chi connectivity index (χ3v) is 3.61. The van der Waals surface area contributed by atoms with E-state index in [0.29, 0.717) is 0 Å². The van der Waals surface area contributed by atoms with E-state index in [9.17, 15) is 0 Å². The number of hydrogen-bond acceptors (Lipinski definition) is 5. The van der Waals surface area contributed by atoms with E-state index in [4.69, 9.17) is 0 Å². The maximum atomic E-state index is 4.60. The van der Waals surface area contributed by atoms with Crippen LogP contribution in [0.3, 0.4) is 0 Å². The van der Waals surface area contributed by atoms with Crippen molar-refractivity contribution in [2.24, 2.45) is 0 Å². The van der Waals surface area contributed by atoms with Gasteiger partial charge in [-0.1, -0.05) is 6.07 Å². The van der Waals surface area contributed by atoms with E-state index in [1.54, 1.807) is 17.5 Å². The Morgan fingerprint density at radius 3 is 2.95 bits per heavy atom. The molecule has 4 nitrogen and oxygen atoms in total. The monoisotopic (exact) mass is 276 g/mol. The van der Waals surface area contributed by atoms with Crippen LogP contribution in [0.25, 0.3) is 10.7 Å². The molecule has 0 amide bonds. The lowest BCUT2D eigenvalue weighted by Gasteiger charge is -2.08. The van der Waals surface area contributed by atoms with Gasteiger partial charge in [0.2, 0.25) is 0 Å². The lowest BCUT2D eigenvalue weighted by atomic mass is 10.3. The number of thiazole rings is 1. The van der Waals surface area contributed by atoms with E-state index >= 15 is 0 Å². The summed E-state index contributed by atoms with van der Waals surface area (Å²) in [5.41, 5.74) is 2.04. The summed E-state index contributed by atoms with van der Waals surface area (Å²) >= 11 is 1.65. The third-order valence-electron chi connectivity index (χ3n) is 2.70. The van der Waals surface area contributed by atoms with Gasteiger partial charge in [0, 0.05) is 18.1 Å². The molecule has 2 rings (SSSR count). The molecule has 0 bridgehead atoms. The molecule has 0 saturated heterocycles. The molecule has 0 aliphatic rings. The largest absolute Gasteiger partial charge is 0.311 e. The highest BCUT2D eigenvalue weighted by Crippen LogP contribution is 2.20. The normalized spacial score (nSPS) is 11.1. The van der Waals surface area contributed by atoms with E-state index in [1.807, 2.05) is 18.2 Å². The maximum Gasteiger partial charge on any atom is 0.142 e. The number of pyridine rings is 1. The molecule has 19 heavy (non-hydrogen) atoms. The second kappa shape index (κ2) is 7.33. The molecule has 0 radical (unpaired) electrons. The van der Waals surface area contributed by atoms with Crippen LogP contribution in [0.5, 0.6) is 0 Å². The zero-order chi connectivity index (χ0) is 13.5. The van der Waals surface area contributed by atoms with Crippen LogP contribution in [-0.4, -0.2) is 42.1 Å². The Balaban J connectivity index is 1.78. The Hall–Kier alpha value is -1.30. The fraction of sp³-hybridized carbons (Fsp3) is 0.429. The zero-order valence-electron chi connectivity index (χ0n) is 11.5. The highest BCUT2D eigenvalue weighted by atomic mass is 32.1. The van der Waals surface area contributed by atoms with E-state index in [2.05, 4.69) is 39.7 Å². The predicted molar refractivity (Wildman–Crippen MR) is 80.2 cm³/mol. The van der Waals surface area contributed by atoms with Crippen LogP contribution in [-0.2, 0) is 6.54 Å². The molecule has 102 valence electrons. The molecule has 0 atom stereocenters. The average molecular weight is 276 g/mol. The third kappa shape index (κ3) is 4.70. The van der Waals surface area contributed by atoms with Crippen LogP contribution in [0.2, 0.25) is 0 Å². The standard InChI is InChI=1S/C14H20N4S/c1-18(2)9-5-7-15-10-12-11-19-14(17-12)13-6-3-4-8-16-13/h3-4,6,8,11,15H,5,7,9-10H2,1-2H3. The first kappa shape index (κ1) is 14.1. The van der Waals surface area contributed by atoms with Crippen LogP contribution in [0.1, 0.15) is 12.1 Å². The fourth-order valence-corrected chi connectivity index (χ4v) is 2.53. The second-order valence-electron chi connectivity index (χ2n) is 4.69. The van der Waals surface area contributed by atoms with Gasteiger partial charge in [0.15, 0.2) is 0 Å². The zero-order valence-corrected chi connectivity index (χ0v) is 12.3.